The Labute approximate surface area is 344 Å². The summed E-state index contributed by atoms with van der Waals surface area (Å²) in [6, 6.07) is 58.1. The maximum atomic E-state index is 10.5. The van der Waals surface area contributed by atoms with Crippen LogP contribution in [0.1, 0.15) is 40.6 Å². The van der Waals surface area contributed by atoms with Gasteiger partial charge >= 0.3 is 0 Å². The first-order valence-corrected chi connectivity index (χ1v) is 20.7. The third kappa shape index (κ3) is 4.72. The van der Waals surface area contributed by atoms with Gasteiger partial charge < -0.3 is 0 Å². The van der Waals surface area contributed by atoms with E-state index in [0.29, 0.717) is 23.0 Å². The Balaban J connectivity index is 1.13. The van der Waals surface area contributed by atoms with E-state index >= 15 is 0 Å². The fourth-order valence-electron chi connectivity index (χ4n) is 9.70. The molecule has 6 nitrogen and oxygen atoms in total. The van der Waals surface area contributed by atoms with Crippen molar-refractivity contribution >= 4 is 32.5 Å². The summed E-state index contributed by atoms with van der Waals surface area (Å²) in [5, 5.41) is 13.5. The predicted molar refractivity (Wildman–Crippen MR) is 237 cm³/mol. The number of thiophene rings is 1. The van der Waals surface area contributed by atoms with Crippen molar-refractivity contribution in [1.82, 2.24) is 24.5 Å². The van der Waals surface area contributed by atoms with Crippen molar-refractivity contribution in [3.05, 3.63) is 197 Å². The van der Waals surface area contributed by atoms with Gasteiger partial charge in [0.25, 0.3) is 0 Å². The molecule has 10 aromatic rings. The zero-order chi connectivity index (χ0) is 39.2. The second-order valence-electron chi connectivity index (χ2n) is 15.2. The molecule has 59 heavy (non-hydrogen) atoms. The lowest BCUT2D eigenvalue weighted by atomic mass is 9.70. The van der Waals surface area contributed by atoms with Crippen LogP contribution in [0.3, 0.4) is 0 Å². The number of hydrogen-bond donors (Lipinski definition) is 0. The molecule has 0 aliphatic heterocycles. The molecule has 1 unspecified atom stereocenters. The van der Waals surface area contributed by atoms with Crippen LogP contribution in [0.15, 0.2) is 163 Å². The normalized spacial score (nSPS) is 14.6. The summed E-state index contributed by atoms with van der Waals surface area (Å²) in [7, 11) is 0. The maximum Gasteiger partial charge on any atom is 0.164 e. The minimum absolute atomic E-state index is 0.595. The summed E-state index contributed by atoms with van der Waals surface area (Å²) in [5.74, 6) is 2.86. The van der Waals surface area contributed by atoms with E-state index in [-0.39, 0.29) is 0 Å². The van der Waals surface area contributed by atoms with Gasteiger partial charge in [-0.05, 0) is 80.9 Å². The van der Waals surface area contributed by atoms with E-state index in [1.54, 1.807) is 11.3 Å². The number of fused-ring (bicyclic) bond motifs is 13. The summed E-state index contributed by atoms with van der Waals surface area (Å²) < 4.78 is 3.40. The molecule has 0 saturated carbocycles. The van der Waals surface area contributed by atoms with Crippen LogP contribution in [-0.4, -0.2) is 24.5 Å². The SMILES string of the molecule is CCc1nc2ccccc2n1-c1ccc2c(c1)-c1ccccc1C21c2ccc(-c3nc(-c4ccccc4)nc(-c4ccccc4)n3)cc2-c2c1ccc1scc(C#N)c21. The van der Waals surface area contributed by atoms with E-state index in [1.165, 1.54) is 33.4 Å². The van der Waals surface area contributed by atoms with Crippen molar-refractivity contribution in [1.29, 1.82) is 5.26 Å². The molecular weight excluding hydrogens is 741 g/mol. The first-order chi connectivity index (χ1) is 29.1. The number of nitriles is 1. The molecule has 2 aliphatic rings. The maximum absolute atomic E-state index is 10.5. The topological polar surface area (TPSA) is 80.3 Å². The highest BCUT2D eigenvalue weighted by atomic mass is 32.1. The molecule has 276 valence electrons. The van der Waals surface area contributed by atoms with Gasteiger partial charge in [-0.1, -0.05) is 128 Å². The van der Waals surface area contributed by atoms with Crippen LogP contribution < -0.4 is 0 Å². The minimum atomic E-state index is -0.620. The van der Waals surface area contributed by atoms with Crippen molar-refractivity contribution in [3.8, 4) is 68.2 Å². The molecule has 3 aromatic heterocycles. The van der Waals surface area contributed by atoms with E-state index < -0.39 is 5.41 Å². The van der Waals surface area contributed by atoms with Gasteiger partial charge in [0.1, 0.15) is 11.9 Å². The largest absolute Gasteiger partial charge is 0.296 e. The highest BCUT2D eigenvalue weighted by molar-refractivity contribution is 7.17. The van der Waals surface area contributed by atoms with Gasteiger partial charge in [0.2, 0.25) is 0 Å². The molecule has 1 spiro atoms. The summed E-state index contributed by atoms with van der Waals surface area (Å²) in [6.45, 7) is 2.17. The van der Waals surface area contributed by atoms with Crippen LogP contribution >= 0.6 is 11.3 Å². The third-order valence-electron chi connectivity index (χ3n) is 12.1. The number of benzene rings is 7. The van der Waals surface area contributed by atoms with Crippen molar-refractivity contribution < 1.29 is 0 Å². The number of nitrogens with zero attached hydrogens (tertiary/aromatic N) is 6. The Morgan fingerprint density at radius 3 is 1.95 bits per heavy atom. The first-order valence-electron chi connectivity index (χ1n) is 19.8. The molecular formula is C52H32N6S. The monoisotopic (exact) mass is 772 g/mol. The van der Waals surface area contributed by atoms with Crippen LogP contribution in [-0.2, 0) is 11.8 Å². The lowest BCUT2D eigenvalue weighted by Gasteiger charge is -2.30. The summed E-state index contributed by atoms with van der Waals surface area (Å²) in [4.78, 5) is 20.2. The van der Waals surface area contributed by atoms with Crippen molar-refractivity contribution in [2.45, 2.75) is 18.8 Å². The molecule has 0 amide bonds. The van der Waals surface area contributed by atoms with Gasteiger partial charge in [0.05, 0.1) is 22.0 Å². The van der Waals surface area contributed by atoms with Crippen molar-refractivity contribution in [3.63, 3.8) is 0 Å². The molecule has 0 N–H and O–H groups in total. The molecule has 0 fully saturated rings. The van der Waals surface area contributed by atoms with E-state index in [1.807, 2.05) is 66.0 Å². The van der Waals surface area contributed by atoms with Gasteiger partial charge in [0, 0.05) is 44.3 Å². The Morgan fingerprint density at radius 2 is 1.20 bits per heavy atom. The number of imidazole rings is 1. The Morgan fingerprint density at radius 1 is 0.576 bits per heavy atom. The summed E-state index contributed by atoms with van der Waals surface area (Å²) >= 11 is 1.62. The second-order valence-corrected chi connectivity index (χ2v) is 16.1. The number of hydrogen-bond acceptors (Lipinski definition) is 6. The van der Waals surface area contributed by atoms with Gasteiger partial charge in [-0.3, -0.25) is 4.57 Å². The van der Waals surface area contributed by atoms with Gasteiger partial charge in [-0.25, -0.2) is 19.9 Å². The average Bonchev–Trinajstić information content (AvgIpc) is 4.05. The molecule has 7 aromatic carbocycles. The third-order valence-corrected chi connectivity index (χ3v) is 13.1. The van der Waals surface area contributed by atoms with E-state index in [9.17, 15) is 5.26 Å². The van der Waals surface area contributed by atoms with Crippen LogP contribution in [0.5, 0.6) is 0 Å². The molecule has 2 aliphatic carbocycles. The van der Waals surface area contributed by atoms with Crippen molar-refractivity contribution in [2.24, 2.45) is 0 Å². The average molecular weight is 773 g/mol. The summed E-state index contributed by atoms with van der Waals surface area (Å²) in [6.07, 6.45) is 0.814. The number of aromatic nitrogens is 5. The molecule has 0 bridgehead atoms. The Bertz CT molecular complexity index is 3340. The van der Waals surface area contributed by atoms with Crippen LogP contribution in [0.4, 0.5) is 0 Å². The Hall–Kier alpha value is -7.53. The standard InChI is InChI=1S/C52H32N6S/c1-2-46-54-43-19-11-12-20-44(43)58(46)35-22-24-40-37(28-35)36-17-9-10-18-39(36)52(40)41-23-21-33(27-38(41)48-42(52)25-26-45-47(48)34(29-53)30-59-45)51-56-49(31-13-5-3-6-14-31)55-50(57-51)32-15-7-4-8-16-32/h3-28,30H,2H2,1H3. The molecule has 0 saturated heterocycles. The van der Waals surface area contributed by atoms with E-state index in [0.717, 1.165) is 66.9 Å². The predicted octanol–water partition coefficient (Wildman–Crippen LogP) is 12.2. The zero-order valence-corrected chi connectivity index (χ0v) is 32.7. The molecule has 12 rings (SSSR count). The van der Waals surface area contributed by atoms with E-state index in [4.69, 9.17) is 19.9 Å². The van der Waals surface area contributed by atoms with Crippen LogP contribution in [0, 0.1) is 11.3 Å². The quantitative estimate of drug-likeness (QED) is 0.174. The van der Waals surface area contributed by atoms with Gasteiger partial charge in [-0.15, -0.1) is 11.3 Å². The van der Waals surface area contributed by atoms with Crippen molar-refractivity contribution in [2.75, 3.05) is 0 Å². The molecule has 0 radical (unpaired) electrons. The van der Waals surface area contributed by atoms with Gasteiger partial charge in [0.15, 0.2) is 17.5 Å². The van der Waals surface area contributed by atoms with Crippen LogP contribution in [0.25, 0.3) is 83.2 Å². The smallest absolute Gasteiger partial charge is 0.164 e. The zero-order valence-electron chi connectivity index (χ0n) is 31.9. The van der Waals surface area contributed by atoms with E-state index in [2.05, 4.69) is 115 Å². The molecule has 7 heteroatoms. The fraction of sp³-hybridized carbons (Fsp3) is 0.0577. The second kappa shape index (κ2) is 12.7. The Kier molecular flexibility index (Phi) is 7.25. The van der Waals surface area contributed by atoms with Crippen LogP contribution in [0.2, 0.25) is 0 Å². The molecule has 1 atom stereocenters. The van der Waals surface area contributed by atoms with Gasteiger partial charge in [-0.2, -0.15) is 5.26 Å². The minimum Gasteiger partial charge on any atom is -0.296 e. The number of para-hydroxylation sites is 2. The number of rotatable bonds is 5. The first kappa shape index (κ1) is 33.6. The summed E-state index contributed by atoms with van der Waals surface area (Å²) in [5.41, 5.74) is 15.4. The molecule has 3 heterocycles. The highest BCUT2D eigenvalue weighted by Crippen LogP contribution is 2.64. The lowest BCUT2D eigenvalue weighted by molar-refractivity contribution is 0.793. The number of aryl methyl sites for hydroxylation is 1. The highest BCUT2D eigenvalue weighted by Gasteiger charge is 2.52. The lowest BCUT2D eigenvalue weighted by Crippen LogP contribution is -2.25. The fourth-order valence-corrected chi connectivity index (χ4v) is 10.6.